The summed E-state index contributed by atoms with van der Waals surface area (Å²) >= 11 is 0. The number of nitrogens with zero attached hydrogens (tertiary/aromatic N) is 4. The third-order valence-corrected chi connectivity index (χ3v) is 5.69. The SMILES string of the molecule is CN(c1ccnc(Nc2cccc(OCCN3CCCC3)c2)n1)c1cccc2c1OCO2. The highest BCUT2D eigenvalue weighted by molar-refractivity contribution is 5.71. The number of hydrogen-bond donors (Lipinski definition) is 1. The minimum atomic E-state index is 0.229. The summed E-state index contributed by atoms with van der Waals surface area (Å²) in [4.78, 5) is 13.4. The van der Waals surface area contributed by atoms with Crippen LogP contribution in [0.15, 0.2) is 54.7 Å². The second-order valence-corrected chi connectivity index (χ2v) is 7.86. The first-order chi connectivity index (χ1) is 15.8. The van der Waals surface area contributed by atoms with Gasteiger partial charge in [-0.25, -0.2) is 4.98 Å². The van der Waals surface area contributed by atoms with Gasteiger partial charge in [-0.1, -0.05) is 12.1 Å². The number of fused-ring (bicyclic) bond motifs is 1. The van der Waals surface area contributed by atoms with Gasteiger partial charge in [-0.2, -0.15) is 4.98 Å². The molecule has 1 fully saturated rings. The number of ether oxygens (including phenoxy) is 3. The summed E-state index contributed by atoms with van der Waals surface area (Å²) in [6, 6.07) is 15.6. The quantitative estimate of drug-likeness (QED) is 0.567. The average molecular weight is 434 g/mol. The van der Waals surface area contributed by atoms with Gasteiger partial charge in [-0.3, -0.25) is 4.90 Å². The second kappa shape index (κ2) is 9.32. The van der Waals surface area contributed by atoms with Crippen molar-refractivity contribution in [3.63, 3.8) is 0 Å². The van der Waals surface area contributed by atoms with E-state index in [9.17, 15) is 0 Å². The lowest BCUT2D eigenvalue weighted by Crippen LogP contribution is -2.25. The molecule has 0 atom stereocenters. The van der Waals surface area contributed by atoms with E-state index in [1.165, 1.54) is 25.9 Å². The minimum absolute atomic E-state index is 0.229. The van der Waals surface area contributed by atoms with Crippen molar-refractivity contribution in [1.82, 2.24) is 14.9 Å². The Morgan fingerprint density at radius 3 is 2.88 bits per heavy atom. The number of benzene rings is 2. The number of rotatable bonds is 8. The number of anilines is 4. The third-order valence-electron chi connectivity index (χ3n) is 5.69. The maximum atomic E-state index is 5.95. The molecule has 1 saturated heterocycles. The Hall–Kier alpha value is -3.52. The molecule has 2 aromatic carbocycles. The molecule has 0 saturated carbocycles. The van der Waals surface area contributed by atoms with Gasteiger partial charge in [0.05, 0.1) is 5.69 Å². The molecule has 0 unspecified atom stereocenters. The molecule has 2 aliphatic rings. The molecule has 0 radical (unpaired) electrons. The smallest absolute Gasteiger partial charge is 0.231 e. The third kappa shape index (κ3) is 4.55. The first kappa shape index (κ1) is 20.4. The van der Waals surface area contributed by atoms with Crippen molar-refractivity contribution in [2.45, 2.75) is 12.8 Å². The Bertz CT molecular complexity index is 1070. The normalized spacial score (nSPS) is 15.0. The molecule has 166 valence electrons. The van der Waals surface area contributed by atoms with Crippen molar-refractivity contribution >= 4 is 23.1 Å². The molecule has 5 rings (SSSR count). The highest BCUT2D eigenvalue weighted by atomic mass is 16.7. The molecule has 1 N–H and O–H groups in total. The number of para-hydroxylation sites is 1. The molecular formula is C24H27N5O3. The molecular weight excluding hydrogens is 406 g/mol. The van der Waals surface area contributed by atoms with Crippen molar-refractivity contribution in [3.8, 4) is 17.2 Å². The van der Waals surface area contributed by atoms with Crippen LogP contribution >= 0.6 is 0 Å². The molecule has 32 heavy (non-hydrogen) atoms. The van der Waals surface area contributed by atoms with Crippen LogP contribution in [-0.2, 0) is 0 Å². The van der Waals surface area contributed by atoms with E-state index >= 15 is 0 Å². The van der Waals surface area contributed by atoms with Gasteiger partial charge in [0.2, 0.25) is 12.7 Å². The second-order valence-electron chi connectivity index (χ2n) is 7.86. The van der Waals surface area contributed by atoms with E-state index in [0.717, 1.165) is 41.0 Å². The van der Waals surface area contributed by atoms with Gasteiger partial charge >= 0.3 is 0 Å². The van der Waals surface area contributed by atoms with Crippen molar-refractivity contribution in [1.29, 1.82) is 0 Å². The molecule has 0 bridgehead atoms. The summed E-state index contributed by atoms with van der Waals surface area (Å²) in [6.07, 6.45) is 4.32. The summed E-state index contributed by atoms with van der Waals surface area (Å²) in [6.45, 7) is 4.24. The van der Waals surface area contributed by atoms with Crippen LogP contribution in [0.3, 0.4) is 0 Å². The summed E-state index contributed by atoms with van der Waals surface area (Å²) in [5.41, 5.74) is 1.76. The lowest BCUT2D eigenvalue weighted by molar-refractivity contribution is 0.174. The first-order valence-corrected chi connectivity index (χ1v) is 10.9. The van der Waals surface area contributed by atoms with E-state index in [-0.39, 0.29) is 6.79 Å². The van der Waals surface area contributed by atoms with Crippen LogP contribution in [0.2, 0.25) is 0 Å². The summed E-state index contributed by atoms with van der Waals surface area (Å²) in [5.74, 6) is 3.54. The van der Waals surface area contributed by atoms with Crippen LogP contribution < -0.4 is 24.4 Å². The molecule has 2 aliphatic heterocycles. The maximum absolute atomic E-state index is 5.95. The van der Waals surface area contributed by atoms with Gasteiger partial charge < -0.3 is 24.4 Å². The molecule has 3 aromatic rings. The number of nitrogens with one attached hydrogen (secondary N) is 1. The molecule has 3 heterocycles. The predicted octanol–water partition coefficient (Wildman–Crippen LogP) is 4.19. The van der Waals surface area contributed by atoms with E-state index < -0.39 is 0 Å². The lowest BCUT2D eigenvalue weighted by Gasteiger charge is -2.20. The number of aromatic nitrogens is 2. The van der Waals surface area contributed by atoms with E-state index in [4.69, 9.17) is 14.2 Å². The number of hydrogen-bond acceptors (Lipinski definition) is 8. The topological polar surface area (TPSA) is 72.0 Å². The fourth-order valence-corrected chi connectivity index (χ4v) is 3.99. The molecule has 0 amide bonds. The van der Waals surface area contributed by atoms with Crippen molar-refractivity contribution in [2.24, 2.45) is 0 Å². The zero-order chi connectivity index (χ0) is 21.8. The van der Waals surface area contributed by atoms with Gasteiger partial charge in [-0.05, 0) is 56.3 Å². The van der Waals surface area contributed by atoms with Crippen LogP contribution in [0.5, 0.6) is 17.2 Å². The molecule has 8 heteroatoms. The van der Waals surface area contributed by atoms with E-state index in [0.29, 0.717) is 12.6 Å². The molecule has 8 nitrogen and oxygen atoms in total. The standard InChI is InChI=1S/C24H27N5O3/c1-28(20-8-5-9-21-23(20)32-17-31-21)22-10-11-25-24(27-22)26-18-6-4-7-19(16-18)30-15-14-29-12-2-3-13-29/h4-11,16H,2-3,12-15,17H2,1H3,(H,25,26,27). The van der Waals surface area contributed by atoms with E-state index in [1.807, 2.05) is 60.5 Å². The summed E-state index contributed by atoms with van der Waals surface area (Å²) < 4.78 is 17.1. The molecule has 0 spiro atoms. The Labute approximate surface area is 187 Å². The van der Waals surface area contributed by atoms with Gasteiger partial charge in [-0.15, -0.1) is 0 Å². The largest absolute Gasteiger partial charge is 0.492 e. The predicted molar refractivity (Wildman–Crippen MR) is 124 cm³/mol. The van der Waals surface area contributed by atoms with Crippen LogP contribution in [0.25, 0.3) is 0 Å². The average Bonchev–Trinajstić information content (AvgIpc) is 3.51. The maximum Gasteiger partial charge on any atom is 0.231 e. The van der Waals surface area contributed by atoms with E-state index in [1.54, 1.807) is 6.20 Å². The fraction of sp³-hybridized carbons (Fsp3) is 0.333. The van der Waals surface area contributed by atoms with Crippen molar-refractivity contribution in [3.05, 3.63) is 54.7 Å². The van der Waals surface area contributed by atoms with E-state index in [2.05, 4.69) is 20.2 Å². The zero-order valence-electron chi connectivity index (χ0n) is 18.2. The fourth-order valence-electron chi connectivity index (χ4n) is 3.99. The lowest BCUT2D eigenvalue weighted by atomic mass is 10.2. The molecule has 1 aromatic heterocycles. The molecule has 0 aliphatic carbocycles. The van der Waals surface area contributed by atoms with Crippen LogP contribution in [0.1, 0.15) is 12.8 Å². The van der Waals surface area contributed by atoms with Crippen LogP contribution in [-0.4, -0.2) is 54.9 Å². The van der Waals surface area contributed by atoms with Crippen LogP contribution in [0, 0.1) is 0 Å². The minimum Gasteiger partial charge on any atom is -0.492 e. The van der Waals surface area contributed by atoms with Gasteiger partial charge in [0.25, 0.3) is 0 Å². The Kier molecular flexibility index (Phi) is 5.93. The van der Waals surface area contributed by atoms with Gasteiger partial charge in [0.1, 0.15) is 18.2 Å². The number of likely N-dealkylation sites (tertiary alicyclic amines) is 1. The summed E-state index contributed by atoms with van der Waals surface area (Å²) in [5, 5.41) is 3.28. The van der Waals surface area contributed by atoms with Gasteiger partial charge in [0.15, 0.2) is 11.5 Å². The Morgan fingerprint density at radius 2 is 1.97 bits per heavy atom. The zero-order valence-corrected chi connectivity index (χ0v) is 18.2. The highest BCUT2D eigenvalue weighted by Gasteiger charge is 2.21. The Morgan fingerprint density at radius 1 is 1.09 bits per heavy atom. The summed E-state index contributed by atoms with van der Waals surface area (Å²) in [7, 11) is 1.94. The van der Waals surface area contributed by atoms with Crippen molar-refractivity contribution in [2.75, 3.05) is 50.3 Å². The van der Waals surface area contributed by atoms with Crippen LogP contribution in [0.4, 0.5) is 23.1 Å². The highest BCUT2D eigenvalue weighted by Crippen LogP contribution is 2.42. The van der Waals surface area contributed by atoms with Crippen molar-refractivity contribution < 1.29 is 14.2 Å². The monoisotopic (exact) mass is 433 g/mol. The first-order valence-electron chi connectivity index (χ1n) is 10.9. The Balaban J connectivity index is 1.25. The van der Waals surface area contributed by atoms with Gasteiger partial charge in [0, 0.05) is 31.5 Å².